The van der Waals surface area contributed by atoms with Crippen LogP contribution in [-0.4, -0.2) is 221 Å². The lowest BCUT2D eigenvalue weighted by atomic mass is 9.85. The zero-order chi connectivity index (χ0) is 64.5. The Morgan fingerprint density at radius 2 is 1.14 bits per heavy atom. The van der Waals surface area contributed by atoms with Gasteiger partial charge in [-0.2, -0.15) is 0 Å². The number of rotatable bonds is 25. The minimum atomic E-state index is -0.426. The molecule has 4 unspecified atom stereocenters. The Labute approximate surface area is 539 Å². The van der Waals surface area contributed by atoms with E-state index in [2.05, 4.69) is 98.8 Å². The first-order valence-corrected chi connectivity index (χ1v) is 34.8. The highest BCUT2D eigenvalue weighted by atomic mass is 19.1. The standard InChI is InChI=1S/C71H106F2N12O6/c1-48-38-81(45-66(88)83-29-28-61-62(83)34-55(69(90)76-61)32-53-20-24-57(72)25-21-53)60(37-75-48)44-80-41-52(5)84(42-51(80)4)65(87)19-17-15-13-11-9-8-10-12-14-16-18-64(86)79-31-30-78(50(3)40-79)43-59-36-74-49(2)39-82(59)46-67(89)85-47-71(6,7)68-63(85)35-56(70(91)77-68)33-54-22-26-58(73)27-23-54/h20-27,35,48-52,55,59-62,74-75H,8-19,28-34,36-47H2,1-7H3,(H,76,90)(H,77,91)/t48-,49-,50?,51-,52+,55?,59-,60-,61?,62?/m1/s1. The Morgan fingerprint density at radius 3 is 1.76 bits per heavy atom. The normalized spacial score (nSPS) is 27.5. The predicted octanol–water partition coefficient (Wildman–Crippen LogP) is 6.68. The number of hydrogen-bond donors (Lipinski definition) is 4. The Bertz CT molecular complexity index is 3020. The second kappa shape index (κ2) is 31.1. The third kappa shape index (κ3) is 17.6. The summed E-state index contributed by atoms with van der Waals surface area (Å²) >= 11 is 0. The summed E-state index contributed by atoms with van der Waals surface area (Å²) in [5.74, 6) is -0.232. The van der Waals surface area contributed by atoms with Crippen molar-refractivity contribution in [2.24, 2.45) is 5.92 Å². The molecule has 500 valence electrons. The van der Waals surface area contributed by atoms with Crippen molar-refractivity contribution in [2.75, 3.05) is 103 Å². The highest BCUT2D eigenvalue weighted by molar-refractivity contribution is 5.97. The van der Waals surface area contributed by atoms with Crippen LogP contribution in [0.2, 0.25) is 0 Å². The first-order valence-electron chi connectivity index (χ1n) is 34.8. The number of fused-ring (bicyclic) bond motifs is 2. The van der Waals surface area contributed by atoms with Crippen LogP contribution in [0.1, 0.15) is 161 Å². The molecular weight excluding hydrogens is 1150 g/mol. The van der Waals surface area contributed by atoms with Gasteiger partial charge in [-0.3, -0.25) is 48.4 Å². The molecule has 1 aromatic heterocycles. The van der Waals surface area contributed by atoms with E-state index in [1.807, 2.05) is 15.9 Å². The van der Waals surface area contributed by atoms with Gasteiger partial charge in [0.05, 0.1) is 30.9 Å². The summed E-state index contributed by atoms with van der Waals surface area (Å²) in [6.07, 6.45) is 14.4. The second-order valence-corrected chi connectivity index (χ2v) is 29.1. The number of pyridine rings is 1. The third-order valence-corrected chi connectivity index (χ3v) is 21.3. The largest absolute Gasteiger partial charge is 0.351 e. The molecule has 0 spiro atoms. The van der Waals surface area contributed by atoms with Crippen LogP contribution in [-0.2, 0) is 42.2 Å². The molecule has 18 nitrogen and oxygen atoms in total. The molecule has 0 bridgehead atoms. The number of H-pyrrole nitrogens is 1. The van der Waals surface area contributed by atoms with Crippen LogP contribution in [0.4, 0.5) is 14.5 Å². The van der Waals surface area contributed by atoms with Gasteiger partial charge in [-0.15, -0.1) is 0 Å². The van der Waals surface area contributed by atoms with Crippen LogP contribution >= 0.6 is 0 Å². The minimum absolute atomic E-state index is 0.00746. The van der Waals surface area contributed by atoms with Gasteiger partial charge in [0.15, 0.2) is 0 Å². The van der Waals surface area contributed by atoms with E-state index >= 15 is 0 Å². The van der Waals surface area contributed by atoms with Gasteiger partial charge in [0, 0.05) is 169 Å². The monoisotopic (exact) mass is 1260 g/mol. The number of hydrogen-bond acceptors (Lipinski definition) is 12. The average Bonchev–Trinajstić information content (AvgIpc) is 1.63. The first kappa shape index (κ1) is 68.2. The molecule has 6 fully saturated rings. The number of benzene rings is 2. The summed E-state index contributed by atoms with van der Waals surface area (Å²) < 4.78 is 27.2. The molecule has 0 radical (unpaired) electrons. The van der Waals surface area contributed by atoms with Crippen molar-refractivity contribution in [2.45, 2.75) is 211 Å². The number of halogens is 2. The second-order valence-electron chi connectivity index (χ2n) is 29.1. The smallest absolute Gasteiger partial charge is 0.251 e. The lowest BCUT2D eigenvalue weighted by Crippen LogP contribution is -2.65. The average molecular weight is 1260 g/mol. The molecule has 7 aliphatic heterocycles. The molecule has 20 heteroatoms. The number of nitrogens with one attached hydrogen (secondary N) is 4. The number of nitrogens with zero attached hydrogens (tertiary/aromatic N) is 8. The zero-order valence-corrected chi connectivity index (χ0v) is 55.7. The molecule has 0 aliphatic carbocycles. The maximum atomic E-state index is 14.3. The van der Waals surface area contributed by atoms with Gasteiger partial charge in [-0.25, -0.2) is 8.78 Å². The van der Waals surface area contributed by atoms with E-state index in [1.165, 1.54) is 49.9 Å². The van der Waals surface area contributed by atoms with Gasteiger partial charge in [0.25, 0.3) is 5.56 Å². The number of aromatic amines is 1. The van der Waals surface area contributed by atoms with E-state index in [1.54, 1.807) is 24.3 Å². The molecule has 7 aliphatic rings. The Morgan fingerprint density at radius 1 is 0.582 bits per heavy atom. The van der Waals surface area contributed by atoms with Crippen molar-refractivity contribution in [3.8, 4) is 0 Å². The minimum Gasteiger partial charge on any atom is -0.351 e. The van der Waals surface area contributed by atoms with Crippen LogP contribution in [0.5, 0.6) is 0 Å². The number of carbonyl (C=O) groups excluding carboxylic acids is 5. The van der Waals surface area contributed by atoms with Crippen molar-refractivity contribution in [1.29, 1.82) is 0 Å². The van der Waals surface area contributed by atoms with Crippen LogP contribution in [0.25, 0.3) is 0 Å². The highest BCUT2D eigenvalue weighted by Crippen LogP contribution is 2.39. The van der Waals surface area contributed by atoms with Gasteiger partial charge in [-0.05, 0) is 108 Å². The van der Waals surface area contributed by atoms with Crippen molar-refractivity contribution in [3.05, 3.63) is 99.0 Å². The molecular formula is C71H106F2N12O6. The number of piperazine rings is 4. The topological polar surface area (TPSA) is 180 Å². The van der Waals surface area contributed by atoms with E-state index in [4.69, 9.17) is 0 Å². The summed E-state index contributed by atoms with van der Waals surface area (Å²) in [6, 6.07) is 15.6. The van der Waals surface area contributed by atoms with E-state index in [-0.39, 0.29) is 114 Å². The molecule has 3 aromatic rings. The van der Waals surface area contributed by atoms with E-state index in [9.17, 15) is 37.5 Å². The van der Waals surface area contributed by atoms with Crippen molar-refractivity contribution in [3.63, 3.8) is 0 Å². The van der Waals surface area contributed by atoms with Crippen LogP contribution in [0, 0.1) is 17.6 Å². The number of amides is 5. The summed E-state index contributed by atoms with van der Waals surface area (Å²) in [7, 11) is 0. The molecule has 5 amide bonds. The van der Waals surface area contributed by atoms with E-state index in [0.29, 0.717) is 76.9 Å². The molecule has 6 saturated heterocycles. The fourth-order valence-corrected chi connectivity index (χ4v) is 15.9. The lowest BCUT2D eigenvalue weighted by Gasteiger charge is -2.48. The molecule has 8 heterocycles. The van der Waals surface area contributed by atoms with Gasteiger partial charge in [0.2, 0.25) is 29.5 Å². The van der Waals surface area contributed by atoms with Gasteiger partial charge in [0.1, 0.15) is 11.6 Å². The SMILES string of the molecule is CC1CN(C(=O)CCCCCCCCCCCCC(=O)N2C[C@@H](C)N(C[C@H]3CN[C@H](C)CN3CC(=O)N3CCC4NC(=O)C(Cc5ccc(F)cc5)CC43)C[C@@H]2C)CCN1C[C@H]1CN[C@H](C)CN1CC(=O)N1CC(C)(C)c2[nH]c(=O)c(Cc3ccc(F)cc3)cc21. The fourth-order valence-electron chi connectivity index (χ4n) is 15.9. The summed E-state index contributed by atoms with van der Waals surface area (Å²) in [5.41, 5.74) is 3.19. The van der Waals surface area contributed by atoms with Gasteiger partial charge >= 0.3 is 0 Å². The number of likely N-dealkylation sites (tertiary alicyclic amines) is 1. The summed E-state index contributed by atoms with van der Waals surface area (Å²) in [5, 5.41) is 10.5. The molecule has 4 N–H and O–H groups in total. The Kier molecular flexibility index (Phi) is 23.3. The Hall–Kier alpha value is -5.64. The summed E-state index contributed by atoms with van der Waals surface area (Å²) in [4.78, 5) is 103. The van der Waals surface area contributed by atoms with Crippen molar-refractivity contribution >= 4 is 35.2 Å². The summed E-state index contributed by atoms with van der Waals surface area (Å²) in [6.45, 7) is 25.2. The van der Waals surface area contributed by atoms with E-state index in [0.717, 1.165) is 120 Å². The quantitative estimate of drug-likeness (QED) is 0.0663. The lowest BCUT2D eigenvalue weighted by molar-refractivity contribution is -0.139. The van der Waals surface area contributed by atoms with Crippen molar-refractivity contribution < 1.29 is 32.8 Å². The number of unbranched alkanes of at least 4 members (excludes halogenated alkanes) is 9. The predicted molar refractivity (Wildman–Crippen MR) is 353 cm³/mol. The number of aromatic nitrogens is 1. The van der Waals surface area contributed by atoms with Crippen LogP contribution < -0.4 is 26.4 Å². The molecule has 0 saturated carbocycles. The maximum absolute atomic E-state index is 14.3. The number of anilines is 1. The molecule has 10 atom stereocenters. The maximum Gasteiger partial charge on any atom is 0.251 e. The van der Waals surface area contributed by atoms with Crippen LogP contribution in [0.3, 0.4) is 0 Å². The molecule has 91 heavy (non-hydrogen) atoms. The fraction of sp³-hybridized carbons (Fsp3) is 0.690. The van der Waals surface area contributed by atoms with E-state index < -0.39 is 5.41 Å². The zero-order valence-electron chi connectivity index (χ0n) is 55.7. The van der Waals surface area contributed by atoms with Gasteiger partial charge in [-0.1, -0.05) is 89.5 Å². The van der Waals surface area contributed by atoms with Gasteiger partial charge < -0.3 is 40.5 Å². The van der Waals surface area contributed by atoms with Crippen molar-refractivity contribution in [1.82, 2.24) is 55.2 Å². The molecule has 10 rings (SSSR count). The third-order valence-electron chi connectivity index (χ3n) is 21.3. The van der Waals surface area contributed by atoms with Crippen LogP contribution in [0.15, 0.2) is 59.4 Å². The Balaban J connectivity index is 0.569. The number of piperidine rings is 1. The first-order chi connectivity index (χ1) is 43.7. The molecule has 2 aromatic carbocycles. The number of carbonyl (C=O) groups is 5. The highest BCUT2D eigenvalue weighted by Gasteiger charge is 2.46.